The lowest BCUT2D eigenvalue weighted by Gasteiger charge is -2.17. The van der Waals surface area contributed by atoms with E-state index in [9.17, 15) is 9.59 Å². The van der Waals surface area contributed by atoms with Gasteiger partial charge in [-0.1, -0.05) is 48.5 Å². The van der Waals surface area contributed by atoms with Crippen LogP contribution in [0.2, 0.25) is 0 Å². The van der Waals surface area contributed by atoms with Crippen molar-refractivity contribution < 1.29 is 19.1 Å². The van der Waals surface area contributed by atoms with Crippen LogP contribution >= 0.6 is 0 Å². The first kappa shape index (κ1) is 15.8. The first-order valence-electron chi connectivity index (χ1n) is 7.17. The van der Waals surface area contributed by atoms with Crippen LogP contribution in [0.4, 0.5) is 0 Å². The lowest BCUT2D eigenvalue weighted by atomic mass is 10.1. The molecule has 2 aromatic carbocycles. The van der Waals surface area contributed by atoms with E-state index in [4.69, 9.17) is 9.47 Å². The number of carbonyl (C=O) groups is 2. The summed E-state index contributed by atoms with van der Waals surface area (Å²) in [5.74, 6) is -0.851. The van der Waals surface area contributed by atoms with Crippen molar-refractivity contribution >= 4 is 11.9 Å². The van der Waals surface area contributed by atoms with Crippen molar-refractivity contribution in [1.29, 1.82) is 0 Å². The van der Waals surface area contributed by atoms with Crippen molar-refractivity contribution in [2.24, 2.45) is 0 Å². The van der Waals surface area contributed by atoms with Crippen molar-refractivity contribution in [2.45, 2.75) is 19.4 Å². The minimum Gasteiger partial charge on any atom is -0.466 e. The Bertz CT molecular complexity index is 607. The highest BCUT2D eigenvalue weighted by atomic mass is 16.6. The van der Waals surface area contributed by atoms with E-state index >= 15 is 0 Å². The van der Waals surface area contributed by atoms with E-state index in [2.05, 4.69) is 0 Å². The average molecular weight is 298 g/mol. The Balaban J connectivity index is 2.14. The predicted molar refractivity (Wildman–Crippen MR) is 82.3 cm³/mol. The SMILES string of the molecule is CCOC(=O)CC(OC(=O)c1ccccc1)c1ccccc1. The highest BCUT2D eigenvalue weighted by Gasteiger charge is 2.21. The Hall–Kier alpha value is -2.62. The van der Waals surface area contributed by atoms with Crippen LogP contribution in [0, 0.1) is 0 Å². The van der Waals surface area contributed by atoms with E-state index in [1.54, 1.807) is 31.2 Å². The normalized spacial score (nSPS) is 11.5. The molecule has 0 aromatic heterocycles. The Kier molecular flexibility index (Phi) is 5.72. The lowest BCUT2D eigenvalue weighted by Crippen LogP contribution is -2.17. The van der Waals surface area contributed by atoms with Gasteiger partial charge in [-0.15, -0.1) is 0 Å². The number of carbonyl (C=O) groups excluding carboxylic acids is 2. The van der Waals surface area contributed by atoms with Gasteiger partial charge in [-0.3, -0.25) is 4.79 Å². The molecule has 0 N–H and O–H groups in total. The molecule has 0 amide bonds. The van der Waals surface area contributed by atoms with Gasteiger partial charge in [0, 0.05) is 0 Å². The smallest absolute Gasteiger partial charge is 0.338 e. The van der Waals surface area contributed by atoms with E-state index in [-0.39, 0.29) is 6.42 Å². The van der Waals surface area contributed by atoms with Crippen LogP contribution in [0.1, 0.15) is 35.4 Å². The van der Waals surface area contributed by atoms with Crippen molar-refractivity contribution in [2.75, 3.05) is 6.61 Å². The van der Waals surface area contributed by atoms with Gasteiger partial charge in [0.15, 0.2) is 0 Å². The molecule has 0 heterocycles. The summed E-state index contributed by atoms with van der Waals surface area (Å²) >= 11 is 0. The second-order valence-electron chi connectivity index (χ2n) is 4.68. The molecule has 0 saturated carbocycles. The first-order chi connectivity index (χ1) is 10.7. The van der Waals surface area contributed by atoms with Gasteiger partial charge in [0.2, 0.25) is 0 Å². The average Bonchev–Trinajstić information content (AvgIpc) is 2.56. The number of esters is 2. The summed E-state index contributed by atoms with van der Waals surface area (Å²) in [4.78, 5) is 23.9. The number of benzene rings is 2. The zero-order valence-corrected chi connectivity index (χ0v) is 12.4. The molecule has 4 heteroatoms. The number of hydrogen-bond acceptors (Lipinski definition) is 4. The van der Waals surface area contributed by atoms with E-state index in [0.29, 0.717) is 12.2 Å². The first-order valence-corrected chi connectivity index (χ1v) is 7.17. The van der Waals surface area contributed by atoms with E-state index in [0.717, 1.165) is 5.56 Å². The third-order valence-electron chi connectivity index (χ3n) is 3.09. The van der Waals surface area contributed by atoms with Crippen LogP contribution in [0.5, 0.6) is 0 Å². The molecule has 4 nitrogen and oxygen atoms in total. The second kappa shape index (κ2) is 7.98. The lowest BCUT2D eigenvalue weighted by molar-refractivity contribution is -0.145. The molecule has 114 valence electrons. The molecule has 1 atom stereocenters. The van der Waals surface area contributed by atoms with E-state index in [1.807, 2.05) is 36.4 Å². The number of ether oxygens (including phenoxy) is 2. The van der Waals surface area contributed by atoms with Crippen LogP contribution in [0.25, 0.3) is 0 Å². The minimum atomic E-state index is -0.659. The highest BCUT2D eigenvalue weighted by molar-refractivity contribution is 5.89. The topological polar surface area (TPSA) is 52.6 Å². The zero-order valence-electron chi connectivity index (χ0n) is 12.4. The minimum absolute atomic E-state index is 0.00354. The van der Waals surface area contributed by atoms with Crippen LogP contribution in [-0.4, -0.2) is 18.5 Å². The fraction of sp³-hybridized carbons (Fsp3) is 0.222. The Morgan fingerprint density at radius 2 is 1.55 bits per heavy atom. The zero-order chi connectivity index (χ0) is 15.8. The van der Waals surface area contributed by atoms with Crippen LogP contribution in [0.15, 0.2) is 60.7 Å². The summed E-state index contributed by atoms with van der Waals surface area (Å²) in [5.41, 5.74) is 1.21. The largest absolute Gasteiger partial charge is 0.466 e. The quantitative estimate of drug-likeness (QED) is 0.765. The van der Waals surface area contributed by atoms with Crippen LogP contribution in [-0.2, 0) is 14.3 Å². The molecule has 2 rings (SSSR count). The molecule has 1 unspecified atom stereocenters. The molecule has 0 bridgehead atoms. The van der Waals surface area contributed by atoms with Crippen molar-refractivity contribution in [3.05, 3.63) is 71.8 Å². The fourth-order valence-electron chi connectivity index (χ4n) is 2.04. The van der Waals surface area contributed by atoms with Gasteiger partial charge >= 0.3 is 11.9 Å². The third-order valence-corrected chi connectivity index (χ3v) is 3.09. The van der Waals surface area contributed by atoms with Gasteiger partial charge in [0.25, 0.3) is 0 Å². The monoisotopic (exact) mass is 298 g/mol. The molecular weight excluding hydrogens is 280 g/mol. The fourth-order valence-corrected chi connectivity index (χ4v) is 2.04. The van der Waals surface area contributed by atoms with Crippen LogP contribution in [0.3, 0.4) is 0 Å². The number of hydrogen-bond donors (Lipinski definition) is 0. The Morgan fingerprint density at radius 3 is 2.14 bits per heavy atom. The van der Waals surface area contributed by atoms with Crippen molar-refractivity contribution in [1.82, 2.24) is 0 Å². The Labute approximate surface area is 129 Å². The predicted octanol–water partition coefficient (Wildman–Crippen LogP) is 3.54. The molecule has 0 aliphatic rings. The summed E-state index contributed by atoms with van der Waals surface area (Å²) in [6.07, 6.45) is -0.663. The summed E-state index contributed by atoms with van der Waals surface area (Å²) in [5, 5.41) is 0. The maximum atomic E-state index is 12.2. The highest BCUT2D eigenvalue weighted by Crippen LogP contribution is 2.23. The molecular formula is C18H18O4. The Morgan fingerprint density at radius 1 is 0.955 bits per heavy atom. The molecule has 0 radical (unpaired) electrons. The second-order valence-corrected chi connectivity index (χ2v) is 4.68. The summed E-state index contributed by atoms with van der Waals surface area (Å²) < 4.78 is 10.5. The van der Waals surface area contributed by atoms with Gasteiger partial charge < -0.3 is 9.47 Å². The molecule has 0 saturated heterocycles. The van der Waals surface area contributed by atoms with Crippen LogP contribution < -0.4 is 0 Å². The molecule has 0 aliphatic carbocycles. The summed E-state index contributed by atoms with van der Waals surface area (Å²) in [6.45, 7) is 2.04. The molecule has 0 aliphatic heterocycles. The van der Waals surface area contributed by atoms with Gasteiger partial charge in [-0.05, 0) is 24.6 Å². The van der Waals surface area contributed by atoms with Gasteiger partial charge in [-0.25, -0.2) is 4.79 Å². The van der Waals surface area contributed by atoms with Gasteiger partial charge in [-0.2, -0.15) is 0 Å². The van der Waals surface area contributed by atoms with Crippen molar-refractivity contribution in [3.63, 3.8) is 0 Å². The molecule has 0 spiro atoms. The van der Waals surface area contributed by atoms with E-state index < -0.39 is 18.0 Å². The van der Waals surface area contributed by atoms with Gasteiger partial charge in [0.05, 0.1) is 18.6 Å². The van der Waals surface area contributed by atoms with E-state index in [1.165, 1.54) is 0 Å². The standard InChI is InChI=1S/C18H18O4/c1-2-21-17(19)13-16(14-9-5-3-6-10-14)22-18(20)15-11-7-4-8-12-15/h3-12,16H,2,13H2,1H3. The maximum Gasteiger partial charge on any atom is 0.338 e. The molecule has 0 fully saturated rings. The summed E-state index contributed by atoms with van der Waals surface area (Å²) in [6, 6.07) is 17.9. The maximum absolute atomic E-state index is 12.2. The summed E-state index contributed by atoms with van der Waals surface area (Å²) in [7, 11) is 0. The molecule has 22 heavy (non-hydrogen) atoms. The molecule has 2 aromatic rings. The van der Waals surface area contributed by atoms with Gasteiger partial charge in [0.1, 0.15) is 6.10 Å². The van der Waals surface area contributed by atoms with Crippen molar-refractivity contribution in [3.8, 4) is 0 Å². The number of rotatable bonds is 6. The third kappa shape index (κ3) is 4.45.